The summed E-state index contributed by atoms with van der Waals surface area (Å²) in [4.78, 5) is 11.9. The van der Waals surface area contributed by atoms with E-state index in [9.17, 15) is 9.18 Å². The highest BCUT2D eigenvalue weighted by Crippen LogP contribution is 2.39. The van der Waals surface area contributed by atoms with Gasteiger partial charge >= 0.3 is 0 Å². The molecule has 0 spiro atoms. The molecule has 3 rings (SSSR count). The first kappa shape index (κ1) is 11.6. The van der Waals surface area contributed by atoms with Gasteiger partial charge in [0.05, 0.1) is 0 Å². The molecule has 0 unspecified atom stereocenters. The molecule has 1 aliphatic rings. The number of rotatable bonds is 1. The molecule has 0 aromatic heterocycles. The molecule has 2 aromatic rings. The van der Waals surface area contributed by atoms with Crippen LogP contribution < -0.4 is 0 Å². The second kappa shape index (κ2) is 4.32. The average molecular weight is 305 g/mol. The molecular weight excluding hydrogens is 295 g/mol. The van der Waals surface area contributed by atoms with Gasteiger partial charge in [0.1, 0.15) is 5.82 Å². The van der Waals surface area contributed by atoms with Gasteiger partial charge in [0.25, 0.3) is 0 Å². The molecule has 18 heavy (non-hydrogen) atoms. The Hall–Kier alpha value is -1.48. The number of hydrogen-bond donors (Lipinski definition) is 0. The van der Waals surface area contributed by atoms with Gasteiger partial charge in [0, 0.05) is 22.4 Å². The predicted octanol–water partition coefficient (Wildman–Crippen LogP) is 4.31. The maximum atomic E-state index is 12.9. The van der Waals surface area contributed by atoms with Crippen LogP contribution in [0.4, 0.5) is 4.39 Å². The number of carbonyl (C=O) groups excluding carboxylic acids is 1. The molecule has 0 radical (unpaired) electrons. The summed E-state index contributed by atoms with van der Waals surface area (Å²) >= 11 is 3.43. The SMILES string of the molecule is O=C1C[C@@H](c2ccc(F)cc2)c2cc(Br)ccc21. The first-order chi connectivity index (χ1) is 8.65. The lowest BCUT2D eigenvalue weighted by Gasteiger charge is -2.11. The number of fused-ring (bicyclic) bond motifs is 1. The summed E-state index contributed by atoms with van der Waals surface area (Å²) in [7, 11) is 0. The van der Waals surface area contributed by atoms with E-state index < -0.39 is 0 Å². The summed E-state index contributed by atoms with van der Waals surface area (Å²) in [6.45, 7) is 0. The van der Waals surface area contributed by atoms with E-state index >= 15 is 0 Å². The van der Waals surface area contributed by atoms with Crippen LogP contribution in [0.15, 0.2) is 46.9 Å². The molecule has 0 fully saturated rings. The Kier molecular flexibility index (Phi) is 2.78. The molecule has 90 valence electrons. The van der Waals surface area contributed by atoms with E-state index in [2.05, 4.69) is 15.9 Å². The molecule has 0 heterocycles. The van der Waals surface area contributed by atoms with Gasteiger partial charge in [-0.25, -0.2) is 4.39 Å². The van der Waals surface area contributed by atoms with Gasteiger partial charge in [-0.15, -0.1) is 0 Å². The van der Waals surface area contributed by atoms with E-state index in [1.165, 1.54) is 12.1 Å². The quantitative estimate of drug-likeness (QED) is 0.767. The van der Waals surface area contributed by atoms with Crippen molar-refractivity contribution in [2.24, 2.45) is 0 Å². The topological polar surface area (TPSA) is 17.1 Å². The predicted molar refractivity (Wildman–Crippen MR) is 71.3 cm³/mol. The first-order valence-electron chi connectivity index (χ1n) is 5.73. The number of ketones is 1. The van der Waals surface area contributed by atoms with Crippen molar-refractivity contribution in [1.29, 1.82) is 0 Å². The lowest BCUT2D eigenvalue weighted by Crippen LogP contribution is -1.96. The fraction of sp³-hybridized carbons (Fsp3) is 0.133. The number of Topliss-reactive ketones (excluding diaryl/α,β-unsaturated/α-hetero) is 1. The smallest absolute Gasteiger partial charge is 0.164 e. The highest BCUT2D eigenvalue weighted by molar-refractivity contribution is 9.10. The third-order valence-electron chi connectivity index (χ3n) is 3.35. The summed E-state index contributed by atoms with van der Waals surface area (Å²) in [5.74, 6) is -0.0463. The Morgan fingerprint density at radius 1 is 1.11 bits per heavy atom. The van der Waals surface area contributed by atoms with E-state index in [-0.39, 0.29) is 17.5 Å². The molecular formula is C15H10BrFO. The van der Waals surface area contributed by atoms with E-state index in [0.717, 1.165) is 21.2 Å². The van der Waals surface area contributed by atoms with Crippen molar-refractivity contribution in [2.45, 2.75) is 12.3 Å². The van der Waals surface area contributed by atoms with Crippen molar-refractivity contribution in [3.63, 3.8) is 0 Å². The Bertz CT molecular complexity index is 619. The van der Waals surface area contributed by atoms with E-state index in [0.29, 0.717) is 6.42 Å². The standard InChI is InChI=1S/C15H10BrFO/c16-10-3-6-12-14(7-10)13(8-15(12)18)9-1-4-11(17)5-2-9/h1-7,13H,8H2/t13-/m0/s1. The molecule has 0 N–H and O–H groups in total. The van der Waals surface area contributed by atoms with Crippen LogP contribution in [0.25, 0.3) is 0 Å². The minimum Gasteiger partial charge on any atom is -0.294 e. The molecule has 0 saturated carbocycles. The number of hydrogen-bond acceptors (Lipinski definition) is 1. The molecule has 1 atom stereocenters. The van der Waals surface area contributed by atoms with E-state index in [1.54, 1.807) is 12.1 Å². The maximum absolute atomic E-state index is 12.9. The van der Waals surface area contributed by atoms with Crippen LogP contribution in [-0.4, -0.2) is 5.78 Å². The van der Waals surface area contributed by atoms with Crippen molar-refractivity contribution in [2.75, 3.05) is 0 Å². The summed E-state index contributed by atoms with van der Waals surface area (Å²) in [5, 5.41) is 0. The normalized spacial score (nSPS) is 17.9. The highest BCUT2D eigenvalue weighted by atomic mass is 79.9. The lowest BCUT2D eigenvalue weighted by atomic mass is 9.93. The second-order valence-corrected chi connectivity index (χ2v) is 5.38. The molecule has 0 saturated heterocycles. The summed E-state index contributed by atoms with van der Waals surface area (Å²) in [6, 6.07) is 12.1. The Morgan fingerprint density at radius 2 is 1.83 bits per heavy atom. The zero-order chi connectivity index (χ0) is 12.7. The summed E-state index contributed by atoms with van der Waals surface area (Å²) in [5.41, 5.74) is 2.80. The largest absolute Gasteiger partial charge is 0.294 e. The zero-order valence-corrected chi connectivity index (χ0v) is 11.1. The van der Waals surface area contributed by atoms with Crippen LogP contribution in [0.1, 0.15) is 33.8 Å². The Morgan fingerprint density at radius 3 is 2.56 bits per heavy atom. The van der Waals surface area contributed by atoms with E-state index in [4.69, 9.17) is 0 Å². The van der Waals surface area contributed by atoms with Gasteiger partial charge < -0.3 is 0 Å². The van der Waals surface area contributed by atoms with Crippen molar-refractivity contribution >= 4 is 21.7 Å². The summed E-state index contributed by atoms with van der Waals surface area (Å²) in [6.07, 6.45) is 0.470. The average Bonchev–Trinajstić information content (AvgIpc) is 2.67. The van der Waals surface area contributed by atoms with Gasteiger partial charge in [-0.05, 0) is 41.5 Å². The van der Waals surface area contributed by atoms with Crippen molar-refractivity contribution in [3.8, 4) is 0 Å². The number of carbonyl (C=O) groups is 1. The van der Waals surface area contributed by atoms with Gasteiger partial charge in [-0.2, -0.15) is 0 Å². The molecule has 0 aliphatic heterocycles. The lowest BCUT2D eigenvalue weighted by molar-refractivity contribution is 0.0991. The molecule has 0 bridgehead atoms. The van der Waals surface area contributed by atoms with Crippen LogP contribution in [0.5, 0.6) is 0 Å². The molecule has 0 amide bonds. The van der Waals surface area contributed by atoms with E-state index in [1.807, 2.05) is 18.2 Å². The number of halogens is 2. The third-order valence-corrected chi connectivity index (χ3v) is 3.84. The minimum absolute atomic E-state index is 0.0469. The van der Waals surface area contributed by atoms with Crippen molar-refractivity contribution < 1.29 is 9.18 Å². The van der Waals surface area contributed by atoms with Crippen molar-refractivity contribution in [3.05, 3.63) is 69.4 Å². The van der Waals surface area contributed by atoms with Crippen LogP contribution >= 0.6 is 15.9 Å². The van der Waals surface area contributed by atoms with Crippen LogP contribution in [-0.2, 0) is 0 Å². The number of benzene rings is 2. The summed E-state index contributed by atoms with van der Waals surface area (Å²) < 4.78 is 13.9. The van der Waals surface area contributed by atoms with Gasteiger partial charge in [0.2, 0.25) is 0 Å². The second-order valence-electron chi connectivity index (χ2n) is 4.46. The Balaban J connectivity index is 2.09. The third kappa shape index (κ3) is 1.89. The van der Waals surface area contributed by atoms with Gasteiger partial charge in [-0.3, -0.25) is 4.79 Å². The molecule has 3 heteroatoms. The fourth-order valence-corrected chi connectivity index (χ4v) is 2.85. The molecule has 1 nitrogen and oxygen atoms in total. The molecule has 2 aromatic carbocycles. The zero-order valence-electron chi connectivity index (χ0n) is 9.49. The first-order valence-corrected chi connectivity index (χ1v) is 6.52. The molecule has 1 aliphatic carbocycles. The highest BCUT2D eigenvalue weighted by Gasteiger charge is 2.30. The fourth-order valence-electron chi connectivity index (χ4n) is 2.47. The minimum atomic E-state index is -0.252. The Labute approximate surface area is 113 Å². The maximum Gasteiger partial charge on any atom is 0.164 e. The van der Waals surface area contributed by atoms with Gasteiger partial charge in [-0.1, -0.05) is 28.1 Å². The van der Waals surface area contributed by atoms with Gasteiger partial charge in [0.15, 0.2) is 5.78 Å². The van der Waals surface area contributed by atoms with Crippen molar-refractivity contribution in [1.82, 2.24) is 0 Å². The van der Waals surface area contributed by atoms with Crippen LogP contribution in [0, 0.1) is 5.82 Å². The van der Waals surface area contributed by atoms with Crippen LogP contribution in [0.2, 0.25) is 0 Å². The monoisotopic (exact) mass is 304 g/mol. The van der Waals surface area contributed by atoms with Crippen LogP contribution in [0.3, 0.4) is 0 Å².